The molecule has 1 amide bonds. The van der Waals surface area contributed by atoms with Crippen LogP contribution in [-0.4, -0.2) is 31.7 Å². The first-order valence-corrected chi connectivity index (χ1v) is 8.94. The van der Waals surface area contributed by atoms with Crippen molar-refractivity contribution in [1.82, 2.24) is 5.32 Å². The molecule has 1 aliphatic rings. The number of hydrogen-bond acceptors (Lipinski definition) is 3. The maximum atomic E-state index is 12.4. The van der Waals surface area contributed by atoms with Gasteiger partial charge < -0.3 is 15.0 Å². The van der Waals surface area contributed by atoms with Crippen LogP contribution in [0.1, 0.15) is 24.0 Å². The normalized spacial score (nSPS) is 16.6. The largest absolute Gasteiger partial charge is 0.376 e. The van der Waals surface area contributed by atoms with E-state index in [0.717, 1.165) is 25.1 Å². The standard InChI is InChI=1S/C21H26N2O2/c1-17-9-11-19(12-10-17)23(15-18-6-3-2-4-7-18)16-21(24)22-14-20-8-5-13-25-20/h2-4,6-7,9-12,20H,5,8,13-16H2,1H3,(H,22,24). The van der Waals surface area contributed by atoms with Crippen LogP contribution in [0.15, 0.2) is 54.6 Å². The fourth-order valence-electron chi connectivity index (χ4n) is 3.06. The Bertz CT molecular complexity index is 664. The van der Waals surface area contributed by atoms with E-state index in [1.54, 1.807) is 0 Å². The van der Waals surface area contributed by atoms with Gasteiger partial charge in [0.1, 0.15) is 0 Å². The number of aryl methyl sites for hydroxylation is 1. The van der Waals surface area contributed by atoms with Crippen LogP contribution < -0.4 is 10.2 Å². The maximum Gasteiger partial charge on any atom is 0.239 e. The summed E-state index contributed by atoms with van der Waals surface area (Å²) in [6, 6.07) is 18.6. The highest BCUT2D eigenvalue weighted by Gasteiger charge is 2.17. The second-order valence-electron chi connectivity index (χ2n) is 6.62. The van der Waals surface area contributed by atoms with Crippen LogP contribution in [-0.2, 0) is 16.1 Å². The Labute approximate surface area is 149 Å². The summed E-state index contributed by atoms with van der Waals surface area (Å²) in [5.74, 6) is 0.0343. The molecule has 0 aliphatic carbocycles. The average Bonchev–Trinajstić information content (AvgIpc) is 3.15. The van der Waals surface area contributed by atoms with Gasteiger partial charge in [-0.2, -0.15) is 0 Å². The molecule has 2 aromatic carbocycles. The summed E-state index contributed by atoms with van der Waals surface area (Å²) in [6.07, 6.45) is 2.29. The Hall–Kier alpha value is -2.33. The highest BCUT2D eigenvalue weighted by atomic mass is 16.5. The third-order valence-corrected chi connectivity index (χ3v) is 4.50. The summed E-state index contributed by atoms with van der Waals surface area (Å²) in [7, 11) is 0. The van der Waals surface area contributed by atoms with E-state index < -0.39 is 0 Å². The zero-order valence-electron chi connectivity index (χ0n) is 14.8. The first-order valence-electron chi connectivity index (χ1n) is 8.94. The number of anilines is 1. The molecule has 1 saturated heterocycles. The predicted molar refractivity (Wildman–Crippen MR) is 101 cm³/mol. The van der Waals surface area contributed by atoms with Crippen molar-refractivity contribution in [2.75, 3.05) is 24.6 Å². The minimum atomic E-state index is 0.0343. The molecular formula is C21H26N2O2. The monoisotopic (exact) mass is 338 g/mol. The molecule has 25 heavy (non-hydrogen) atoms. The molecule has 1 atom stereocenters. The van der Waals surface area contributed by atoms with Crippen LogP contribution in [0.4, 0.5) is 5.69 Å². The van der Waals surface area contributed by atoms with Crippen LogP contribution in [0, 0.1) is 6.92 Å². The Kier molecular flexibility index (Phi) is 6.07. The van der Waals surface area contributed by atoms with Gasteiger partial charge in [0.2, 0.25) is 5.91 Å². The molecular weight excluding hydrogens is 312 g/mol. The Morgan fingerprint density at radius 1 is 1.16 bits per heavy atom. The second-order valence-corrected chi connectivity index (χ2v) is 6.62. The van der Waals surface area contributed by atoms with E-state index in [2.05, 4.69) is 53.5 Å². The van der Waals surface area contributed by atoms with Crippen molar-refractivity contribution in [1.29, 1.82) is 0 Å². The van der Waals surface area contributed by atoms with Gasteiger partial charge in [-0.3, -0.25) is 4.79 Å². The summed E-state index contributed by atoms with van der Waals surface area (Å²) in [5, 5.41) is 3.02. The molecule has 0 saturated carbocycles. The lowest BCUT2D eigenvalue weighted by atomic mass is 10.1. The zero-order chi connectivity index (χ0) is 17.5. The lowest BCUT2D eigenvalue weighted by molar-refractivity contribution is -0.120. The van der Waals surface area contributed by atoms with Crippen LogP contribution in [0.25, 0.3) is 0 Å². The molecule has 1 fully saturated rings. The maximum absolute atomic E-state index is 12.4. The first kappa shape index (κ1) is 17.5. The number of nitrogens with one attached hydrogen (secondary N) is 1. The Morgan fingerprint density at radius 2 is 1.92 bits per heavy atom. The third kappa shape index (κ3) is 5.33. The summed E-state index contributed by atoms with van der Waals surface area (Å²) in [4.78, 5) is 14.5. The van der Waals surface area contributed by atoms with Crippen LogP contribution in [0.5, 0.6) is 0 Å². The van der Waals surface area contributed by atoms with Crippen LogP contribution in [0.3, 0.4) is 0 Å². The van der Waals surface area contributed by atoms with E-state index in [1.165, 1.54) is 11.1 Å². The second kappa shape index (κ2) is 8.67. The summed E-state index contributed by atoms with van der Waals surface area (Å²) in [6.45, 7) is 4.53. The number of benzene rings is 2. The Balaban J connectivity index is 1.64. The highest BCUT2D eigenvalue weighted by Crippen LogP contribution is 2.18. The van der Waals surface area contributed by atoms with E-state index in [-0.39, 0.29) is 12.0 Å². The molecule has 0 spiro atoms. The van der Waals surface area contributed by atoms with E-state index in [9.17, 15) is 4.79 Å². The lowest BCUT2D eigenvalue weighted by Crippen LogP contribution is -2.40. The molecule has 0 bridgehead atoms. The number of carbonyl (C=O) groups is 1. The van der Waals surface area contributed by atoms with Crippen molar-refractivity contribution < 1.29 is 9.53 Å². The van der Waals surface area contributed by atoms with Gasteiger partial charge in [0.15, 0.2) is 0 Å². The van der Waals surface area contributed by atoms with E-state index in [4.69, 9.17) is 4.74 Å². The van der Waals surface area contributed by atoms with Crippen molar-refractivity contribution in [2.45, 2.75) is 32.4 Å². The van der Waals surface area contributed by atoms with Gasteiger partial charge in [0, 0.05) is 25.4 Å². The molecule has 4 nitrogen and oxygen atoms in total. The first-order chi connectivity index (χ1) is 12.2. The smallest absolute Gasteiger partial charge is 0.239 e. The van der Waals surface area contributed by atoms with Crippen LogP contribution >= 0.6 is 0 Å². The summed E-state index contributed by atoms with van der Waals surface area (Å²) < 4.78 is 5.57. The molecule has 0 aromatic heterocycles. The van der Waals surface area contributed by atoms with Gasteiger partial charge >= 0.3 is 0 Å². The molecule has 132 valence electrons. The summed E-state index contributed by atoms with van der Waals surface area (Å²) in [5.41, 5.74) is 3.46. The number of carbonyl (C=O) groups excluding carboxylic acids is 1. The molecule has 3 rings (SSSR count). The molecule has 2 aromatic rings. The van der Waals surface area contributed by atoms with Gasteiger partial charge in [0.05, 0.1) is 12.6 Å². The predicted octanol–water partition coefficient (Wildman–Crippen LogP) is 3.30. The average molecular weight is 338 g/mol. The SMILES string of the molecule is Cc1ccc(N(CC(=O)NCC2CCCO2)Cc2ccccc2)cc1. The third-order valence-electron chi connectivity index (χ3n) is 4.50. The van der Waals surface area contributed by atoms with E-state index in [0.29, 0.717) is 19.6 Å². The van der Waals surface area contributed by atoms with Gasteiger partial charge in [0.25, 0.3) is 0 Å². The van der Waals surface area contributed by atoms with Crippen molar-refractivity contribution in [2.24, 2.45) is 0 Å². The zero-order valence-corrected chi connectivity index (χ0v) is 14.8. The van der Waals surface area contributed by atoms with Gasteiger partial charge in [-0.1, -0.05) is 48.0 Å². The quantitative estimate of drug-likeness (QED) is 0.842. The lowest BCUT2D eigenvalue weighted by Gasteiger charge is -2.25. The van der Waals surface area contributed by atoms with E-state index >= 15 is 0 Å². The fourth-order valence-corrected chi connectivity index (χ4v) is 3.06. The van der Waals surface area contributed by atoms with Crippen molar-refractivity contribution in [3.63, 3.8) is 0 Å². The van der Waals surface area contributed by atoms with Crippen molar-refractivity contribution >= 4 is 11.6 Å². The highest BCUT2D eigenvalue weighted by molar-refractivity contribution is 5.81. The van der Waals surface area contributed by atoms with Crippen LogP contribution in [0.2, 0.25) is 0 Å². The van der Waals surface area contributed by atoms with Crippen molar-refractivity contribution in [3.8, 4) is 0 Å². The van der Waals surface area contributed by atoms with Crippen molar-refractivity contribution in [3.05, 3.63) is 65.7 Å². The molecule has 0 radical (unpaired) electrons. The fraction of sp³-hybridized carbons (Fsp3) is 0.381. The minimum absolute atomic E-state index is 0.0343. The number of amides is 1. The number of hydrogen-bond donors (Lipinski definition) is 1. The van der Waals surface area contributed by atoms with Gasteiger partial charge in [-0.25, -0.2) is 0 Å². The molecule has 1 unspecified atom stereocenters. The molecule has 4 heteroatoms. The number of rotatable bonds is 7. The van der Waals surface area contributed by atoms with Gasteiger partial charge in [-0.15, -0.1) is 0 Å². The molecule has 1 heterocycles. The number of nitrogens with zero attached hydrogens (tertiary/aromatic N) is 1. The topological polar surface area (TPSA) is 41.6 Å². The molecule has 1 aliphatic heterocycles. The van der Waals surface area contributed by atoms with Gasteiger partial charge in [-0.05, 0) is 37.5 Å². The summed E-state index contributed by atoms with van der Waals surface area (Å²) >= 11 is 0. The minimum Gasteiger partial charge on any atom is -0.376 e. The number of ether oxygens (including phenoxy) is 1. The molecule has 1 N–H and O–H groups in total. The Morgan fingerprint density at radius 3 is 2.60 bits per heavy atom. The van der Waals surface area contributed by atoms with E-state index in [1.807, 2.05) is 18.2 Å².